The summed E-state index contributed by atoms with van der Waals surface area (Å²) in [7, 11) is 0. The van der Waals surface area contributed by atoms with Gasteiger partial charge in [-0.15, -0.1) is 0 Å². The summed E-state index contributed by atoms with van der Waals surface area (Å²) in [5.41, 5.74) is 3.38. The van der Waals surface area contributed by atoms with Crippen LogP contribution >= 0.6 is 0 Å². The highest BCUT2D eigenvalue weighted by atomic mass is 16.5. The number of aliphatic hydroxyl groups is 1. The average molecular weight is 422 g/mol. The first-order chi connectivity index (χ1) is 14.9. The highest BCUT2D eigenvalue weighted by Gasteiger charge is 2.45. The van der Waals surface area contributed by atoms with E-state index in [0.717, 1.165) is 41.7 Å². The molecule has 5 nitrogen and oxygen atoms in total. The van der Waals surface area contributed by atoms with Crippen molar-refractivity contribution in [3.63, 3.8) is 0 Å². The Morgan fingerprint density at radius 1 is 1.06 bits per heavy atom. The maximum Gasteiger partial charge on any atom is 0.295 e. The maximum atomic E-state index is 13.0. The zero-order valence-corrected chi connectivity index (χ0v) is 18.8. The lowest BCUT2D eigenvalue weighted by atomic mass is 9.94. The number of unbranched alkanes of at least 4 members (excludes halogenated alkanes) is 1. The number of nitrogens with zero attached hydrogens (tertiary/aromatic N) is 1. The second-order valence-electron chi connectivity index (χ2n) is 8.09. The van der Waals surface area contributed by atoms with Crippen molar-refractivity contribution in [2.45, 2.75) is 53.0 Å². The average Bonchev–Trinajstić information content (AvgIpc) is 3.01. The zero-order chi connectivity index (χ0) is 22.5. The van der Waals surface area contributed by atoms with Crippen LogP contribution in [0.2, 0.25) is 0 Å². The standard InChI is InChI=1S/C26H31NO4/c1-5-7-13-27-23(19-10-8-9-17(3)15-19)22(25(29)26(27)30)24(28)20-11-12-21(18(4)16-20)31-14-6-2/h8-12,15-16,23,28H,5-7,13-14H2,1-4H3/b24-22-. The highest BCUT2D eigenvalue weighted by molar-refractivity contribution is 6.46. The van der Waals surface area contributed by atoms with Crippen molar-refractivity contribution in [3.8, 4) is 5.75 Å². The molecule has 0 spiro atoms. The molecule has 164 valence electrons. The fraction of sp³-hybridized carbons (Fsp3) is 0.385. The van der Waals surface area contributed by atoms with E-state index in [-0.39, 0.29) is 11.3 Å². The maximum absolute atomic E-state index is 13.0. The van der Waals surface area contributed by atoms with E-state index in [1.54, 1.807) is 23.1 Å². The van der Waals surface area contributed by atoms with E-state index in [1.165, 1.54) is 0 Å². The molecule has 0 bridgehead atoms. The van der Waals surface area contributed by atoms with Crippen LogP contribution in [0.25, 0.3) is 5.76 Å². The van der Waals surface area contributed by atoms with Gasteiger partial charge in [-0.3, -0.25) is 9.59 Å². The number of rotatable bonds is 8. The molecule has 0 aromatic heterocycles. The van der Waals surface area contributed by atoms with Gasteiger partial charge in [-0.2, -0.15) is 0 Å². The number of Topliss-reactive ketones (excluding diaryl/α,β-unsaturated/α-hetero) is 1. The van der Waals surface area contributed by atoms with Gasteiger partial charge in [0.05, 0.1) is 18.2 Å². The Kier molecular flexibility index (Phi) is 7.16. The Bertz CT molecular complexity index is 1010. The van der Waals surface area contributed by atoms with E-state index < -0.39 is 17.7 Å². The number of aliphatic hydroxyl groups excluding tert-OH is 1. The number of likely N-dealkylation sites (tertiary alicyclic amines) is 1. The van der Waals surface area contributed by atoms with E-state index in [1.807, 2.05) is 52.0 Å². The fourth-order valence-corrected chi connectivity index (χ4v) is 3.95. The molecule has 1 heterocycles. The van der Waals surface area contributed by atoms with E-state index in [2.05, 4.69) is 0 Å². The summed E-state index contributed by atoms with van der Waals surface area (Å²) in [5, 5.41) is 11.2. The van der Waals surface area contributed by atoms with Crippen LogP contribution in [-0.2, 0) is 9.59 Å². The summed E-state index contributed by atoms with van der Waals surface area (Å²) < 4.78 is 5.72. The molecule has 2 aromatic carbocycles. The predicted molar refractivity (Wildman–Crippen MR) is 122 cm³/mol. The van der Waals surface area contributed by atoms with Gasteiger partial charge in [0.15, 0.2) is 0 Å². The third-order valence-corrected chi connectivity index (χ3v) is 5.56. The number of carbonyl (C=O) groups excluding carboxylic acids is 2. The molecule has 3 rings (SSSR count). The zero-order valence-electron chi connectivity index (χ0n) is 18.8. The predicted octanol–water partition coefficient (Wildman–Crippen LogP) is 5.31. The number of benzene rings is 2. The smallest absolute Gasteiger partial charge is 0.295 e. The topological polar surface area (TPSA) is 66.8 Å². The summed E-state index contributed by atoms with van der Waals surface area (Å²) in [6.45, 7) is 9.04. The van der Waals surface area contributed by atoms with Gasteiger partial charge in [0, 0.05) is 12.1 Å². The first-order valence-corrected chi connectivity index (χ1v) is 11.0. The second-order valence-corrected chi connectivity index (χ2v) is 8.09. The van der Waals surface area contributed by atoms with Crippen LogP contribution < -0.4 is 4.74 Å². The molecule has 1 aliphatic rings. The van der Waals surface area contributed by atoms with E-state index >= 15 is 0 Å². The number of hydrogen-bond donors (Lipinski definition) is 1. The first-order valence-electron chi connectivity index (χ1n) is 11.0. The molecule has 0 saturated carbocycles. The molecule has 1 fully saturated rings. The molecule has 1 unspecified atom stereocenters. The fourth-order valence-electron chi connectivity index (χ4n) is 3.95. The lowest BCUT2D eigenvalue weighted by Gasteiger charge is -2.25. The number of ketones is 1. The lowest BCUT2D eigenvalue weighted by Crippen LogP contribution is -2.30. The van der Waals surface area contributed by atoms with Crippen molar-refractivity contribution in [1.29, 1.82) is 0 Å². The molecule has 1 saturated heterocycles. The van der Waals surface area contributed by atoms with E-state index in [0.29, 0.717) is 18.7 Å². The number of carbonyl (C=O) groups is 2. The third-order valence-electron chi connectivity index (χ3n) is 5.56. The molecule has 31 heavy (non-hydrogen) atoms. The highest BCUT2D eigenvalue weighted by Crippen LogP contribution is 2.40. The van der Waals surface area contributed by atoms with Crippen LogP contribution in [0.5, 0.6) is 5.75 Å². The Labute approximate surface area is 184 Å². The van der Waals surface area contributed by atoms with E-state index in [4.69, 9.17) is 4.74 Å². The number of amides is 1. The van der Waals surface area contributed by atoms with E-state index in [9.17, 15) is 14.7 Å². The third kappa shape index (κ3) is 4.66. The van der Waals surface area contributed by atoms with Gasteiger partial charge in [0.25, 0.3) is 11.7 Å². The molecule has 0 radical (unpaired) electrons. The first kappa shape index (κ1) is 22.6. The molecule has 1 amide bonds. The molecule has 1 aliphatic heterocycles. The van der Waals surface area contributed by atoms with Crippen molar-refractivity contribution in [1.82, 2.24) is 4.90 Å². The molecule has 1 N–H and O–H groups in total. The molecule has 0 aliphatic carbocycles. The Morgan fingerprint density at radius 2 is 1.84 bits per heavy atom. The Balaban J connectivity index is 2.10. The SMILES string of the molecule is CCCCN1C(=O)C(=O)/C(=C(\O)c2ccc(OCCC)c(C)c2)C1c1cccc(C)c1. The van der Waals surface area contributed by atoms with Gasteiger partial charge in [-0.1, -0.05) is 50.1 Å². The molecule has 2 aromatic rings. The van der Waals surface area contributed by atoms with Crippen LogP contribution in [-0.4, -0.2) is 34.8 Å². The normalized spacial score (nSPS) is 17.9. The summed E-state index contributed by atoms with van der Waals surface area (Å²) >= 11 is 0. The number of hydrogen-bond acceptors (Lipinski definition) is 4. The Hall–Kier alpha value is -3.08. The van der Waals surface area contributed by atoms with Gasteiger partial charge in [0.2, 0.25) is 0 Å². The minimum atomic E-state index is -0.635. The summed E-state index contributed by atoms with van der Waals surface area (Å²) in [6, 6.07) is 12.5. The monoisotopic (exact) mass is 421 g/mol. The van der Waals surface area contributed by atoms with Crippen molar-refractivity contribution in [2.24, 2.45) is 0 Å². The molecule has 1 atom stereocenters. The van der Waals surface area contributed by atoms with Gasteiger partial charge in [-0.05, 0) is 56.0 Å². The molecular formula is C26H31NO4. The van der Waals surface area contributed by atoms with Crippen molar-refractivity contribution in [2.75, 3.05) is 13.2 Å². The number of aryl methyl sites for hydroxylation is 2. The number of ether oxygens (including phenoxy) is 1. The van der Waals surface area contributed by atoms with Gasteiger partial charge >= 0.3 is 0 Å². The lowest BCUT2D eigenvalue weighted by molar-refractivity contribution is -0.139. The molecular weight excluding hydrogens is 390 g/mol. The minimum absolute atomic E-state index is 0.144. The van der Waals surface area contributed by atoms with Crippen LogP contribution in [0.1, 0.15) is 61.4 Å². The quantitative estimate of drug-likeness (QED) is 0.356. The van der Waals surface area contributed by atoms with Crippen LogP contribution in [0.3, 0.4) is 0 Å². The second kappa shape index (κ2) is 9.82. The summed E-state index contributed by atoms with van der Waals surface area (Å²) in [5.74, 6) is -0.587. The molecule has 5 heteroatoms. The summed E-state index contributed by atoms with van der Waals surface area (Å²) in [4.78, 5) is 27.5. The van der Waals surface area contributed by atoms with Gasteiger partial charge < -0.3 is 14.7 Å². The van der Waals surface area contributed by atoms with Crippen LogP contribution in [0.4, 0.5) is 0 Å². The Morgan fingerprint density at radius 3 is 2.48 bits per heavy atom. The summed E-state index contributed by atoms with van der Waals surface area (Å²) in [6.07, 6.45) is 2.60. The van der Waals surface area contributed by atoms with Crippen LogP contribution in [0.15, 0.2) is 48.0 Å². The largest absolute Gasteiger partial charge is 0.507 e. The van der Waals surface area contributed by atoms with Crippen molar-refractivity contribution < 1.29 is 19.4 Å². The van der Waals surface area contributed by atoms with Gasteiger partial charge in [0.1, 0.15) is 11.5 Å². The van der Waals surface area contributed by atoms with Gasteiger partial charge in [-0.25, -0.2) is 0 Å². The van der Waals surface area contributed by atoms with Crippen LogP contribution in [0, 0.1) is 13.8 Å². The minimum Gasteiger partial charge on any atom is -0.507 e. The van der Waals surface area contributed by atoms with Crippen molar-refractivity contribution >= 4 is 17.4 Å². The van der Waals surface area contributed by atoms with Crippen molar-refractivity contribution in [3.05, 3.63) is 70.3 Å².